The van der Waals surface area contributed by atoms with E-state index in [1.54, 1.807) is 54.3 Å². The molecule has 228 valence electrons. The van der Waals surface area contributed by atoms with Gasteiger partial charge in [-0.1, -0.05) is 45.7 Å². The molecule has 0 bridgehead atoms. The summed E-state index contributed by atoms with van der Waals surface area (Å²) in [4.78, 5) is 36.3. The van der Waals surface area contributed by atoms with E-state index in [4.69, 9.17) is 5.10 Å². The Balaban J connectivity index is 1.31. The largest absolute Gasteiger partial charge is 0.357 e. The molecule has 0 unspecified atom stereocenters. The molecule has 1 aliphatic carbocycles. The van der Waals surface area contributed by atoms with Gasteiger partial charge in [0.05, 0.1) is 23.0 Å². The number of hydrogen-bond donors (Lipinski definition) is 3. The number of carbonyl (C=O) groups is 1. The van der Waals surface area contributed by atoms with Gasteiger partial charge in [0.1, 0.15) is 11.5 Å². The van der Waals surface area contributed by atoms with E-state index in [2.05, 4.69) is 32.0 Å². The maximum Gasteiger partial charge on any atom is 0.324 e. The zero-order valence-electron chi connectivity index (χ0n) is 25.8. The molecule has 0 aliphatic heterocycles. The molecule has 1 saturated carbocycles. The SMILES string of the molecule is CNc1ncc2cc(-c3cccc(NC(=O)Nc4cc(C(C)(C)C)nn4-c4ccc(C#N)cc4)c3)c(=O)n(C3CCCC3)c2n1. The van der Waals surface area contributed by atoms with E-state index in [-0.39, 0.29) is 17.0 Å². The van der Waals surface area contributed by atoms with Crippen LogP contribution in [0.15, 0.2) is 71.7 Å². The smallest absolute Gasteiger partial charge is 0.324 e. The third-order valence-electron chi connectivity index (χ3n) is 8.08. The summed E-state index contributed by atoms with van der Waals surface area (Å²) in [5, 5.41) is 23.5. The number of nitriles is 1. The highest BCUT2D eigenvalue weighted by Crippen LogP contribution is 2.32. The van der Waals surface area contributed by atoms with Crippen LogP contribution in [0.5, 0.6) is 0 Å². The summed E-state index contributed by atoms with van der Waals surface area (Å²) in [5.41, 5.74) is 4.02. The van der Waals surface area contributed by atoms with E-state index in [1.165, 1.54) is 0 Å². The molecular weight excluding hydrogens is 566 g/mol. The van der Waals surface area contributed by atoms with Gasteiger partial charge in [-0.15, -0.1) is 0 Å². The van der Waals surface area contributed by atoms with Crippen LogP contribution in [0.2, 0.25) is 0 Å². The van der Waals surface area contributed by atoms with Crippen molar-refractivity contribution in [3.05, 3.63) is 88.5 Å². The number of hydrogen-bond acceptors (Lipinski definition) is 7. The summed E-state index contributed by atoms with van der Waals surface area (Å²) in [6.07, 6.45) is 5.73. The van der Waals surface area contributed by atoms with Gasteiger partial charge in [0.25, 0.3) is 5.56 Å². The molecule has 2 aromatic carbocycles. The van der Waals surface area contributed by atoms with Gasteiger partial charge in [0.2, 0.25) is 5.95 Å². The first kappa shape index (κ1) is 29.6. The lowest BCUT2D eigenvalue weighted by Gasteiger charge is -2.18. The highest BCUT2D eigenvalue weighted by molar-refractivity contribution is 6.00. The van der Waals surface area contributed by atoms with E-state index < -0.39 is 6.03 Å². The molecule has 6 rings (SSSR count). The Kier molecular flexibility index (Phi) is 7.81. The first-order chi connectivity index (χ1) is 21.6. The van der Waals surface area contributed by atoms with Crippen molar-refractivity contribution >= 4 is 34.5 Å². The molecule has 0 saturated heterocycles. The first-order valence-corrected chi connectivity index (χ1v) is 15.0. The van der Waals surface area contributed by atoms with Crippen LogP contribution in [-0.4, -0.2) is 37.4 Å². The van der Waals surface area contributed by atoms with Gasteiger partial charge < -0.3 is 10.6 Å². The molecule has 5 aromatic rings. The summed E-state index contributed by atoms with van der Waals surface area (Å²) in [7, 11) is 1.76. The minimum Gasteiger partial charge on any atom is -0.357 e. The Bertz CT molecular complexity index is 1990. The molecule has 2 amide bonds. The molecule has 3 heterocycles. The van der Waals surface area contributed by atoms with E-state index in [0.717, 1.165) is 36.8 Å². The zero-order valence-corrected chi connectivity index (χ0v) is 25.8. The predicted molar refractivity (Wildman–Crippen MR) is 176 cm³/mol. The van der Waals surface area contributed by atoms with Crippen molar-refractivity contribution in [1.82, 2.24) is 24.3 Å². The molecule has 0 radical (unpaired) electrons. The fourth-order valence-corrected chi connectivity index (χ4v) is 5.70. The second-order valence-corrected chi connectivity index (χ2v) is 12.3. The standard InChI is InChI=1S/C34H35N9O2/c1-34(2,3)28-18-29(43(41-28)26-14-12-21(19-35)13-15-26)39-33(45)38-24-9-7-8-22(16-24)27-17-23-20-37-32(36-4)40-30(23)42(31(27)44)25-10-5-6-11-25/h7-9,12-18,20,25H,5-6,10-11H2,1-4H3,(H,36,37,40)(H2,38,39,45). The Morgan fingerprint density at radius 3 is 2.47 bits per heavy atom. The number of aromatic nitrogens is 5. The maximum absolute atomic E-state index is 14.0. The second kappa shape index (κ2) is 11.9. The Morgan fingerprint density at radius 2 is 1.78 bits per heavy atom. The molecule has 3 aromatic heterocycles. The number of fused-ring (bicyclic) bond motifs is 1. The number of rotatable bonds is 6. The normalized spacial score (nSPS) is 13.5. The molecule has 11 heteroatoms. The van der Waals surface area contributed by atoms with Crippen LogP contribution in [0, 0.1) is 11.3 Å². The number of nitrogens with zero attached hydrogens (tertiary/aromatic N) is 6. The average molecular weight is 602 g/mol. The number of urea groups is 1. The molecule has 0 atom stereocenters. The number of nitrogens with one attached hydrogen (secondary N) is 3. The van der Waals surface area contributed by atoms with Gasteiger partial charge in [0.15, 0.2) is 0 Å². The van der Waals surface area contributed by atoms with Crippen molar-refractivity contribution in [2.45, 2.75) is 57.9 Å². The van der Waals surface area contributed by atoms with E-state index in [0.29, 0.717) is 45.5 Å². The minimum absolute atomic E-state index is 0.0746. The Morgan fingerprint density at radius 1 is 1.02 bits per heavy atom. The van der Waals surface area contributed by atoms with Crippen molar-refractivity contribution in [2.75, 3.05) is 23.0 Å². The molecule has 1 fully saturated rings. The van der Waals surface area contributed by atoms with Crippen molar-refractivity contribution in [3.63, 3.8) is 0 Å². The summed E-state index contributed by atoms with van der Waals surface area (Å²) in [6.45, 7) is 6.15. The van der Waals surface area contributed by atoms with Gasteiger partial charge in [-0.25, -0.2) is 14.5 Å². The van der Waals surface area contributed by atoms with Crippen molar-refractivity contribution in [1.29, 1.82) is 5.26 Å². The molecule has 0 spiro atoms. The quantitative estimate of drug-likeness (QED) is 0.199. The summed E-state index contributed by atoms with van der Waals surface area (Å²) in [5.74, 6) is 0.946. The molecule has 1 aliphatic rings. The fraction of sp³-hybridized carbons (Fsp3) is 0.294. The summed E-state index contributed by atoms with van der Waals surface area (Å²) in [6, 6.07) is 19.7. The lowest BCUT2D eigenvalue weighted by molar-refractivity contribution is 0.262. The van der Waals surface area contributed by atoms with Crippen LogP contribution in [0.4, 0.5) is 22.2 Å². The Hall–Kier alpha value is -5.50. The zero-order chi connectivity index (χ0) is 31.7. The van der Waals surface area contributed by atoms with Gasteiger partial charge in [-0.05, 0) is 60.9 Å². The van der Waals surface area contributed by atoms with Gasteiger partial charge in [-0.3, -0.25) is 14.7 Å². The second-order valence-electron chi connectivity index (χ2n) is 12.3. The number of benzene rings is 2. The average Bonchev–Trinajstić information content (AvgIpc) is 3.71. The lowest BCUT2D eigenvalue weighted by Crippen LogP contribution is -2.26. The summed E-state index contributed by atoms with van der Waals surface area (Å²) >= 11 is 0. The van der Waals surface area contributed by atoms with Crippen molar-refractivity contribution < 1.29 is 4.79 Å². The number of amides is 2. The molecule has 3 N–H and O–H groups in total. The van der Waals surface area contributed by atoms with E-state index in [9.17, 15) is 14.9 Å². The van der Waals surface area contributed by atoms with Crippen molar-refractivity contribution in [2.24, 2.45) is 0 Å². The molecule has 11 nitrogen and oxygen atoms in total. The molecular formula is C34H35N9O2. The van der Waals surface area contributed by atoms with Crippen LogP contribution in [-0.2, 0) is 5.41 Å². The summed E-state index contributed by atoms with van der Waals surface area (Å²) < 4.78 is 3.48. The lowest BCUT2D eigenvalue weighted by atomic mass is 9.92. The van der Waals surface area contributed by atoms with Gasteiger partial charge in [0, 0.05) is 47.4 Å². The van der Waals surface area contributed by atoms with Crippen LogP contribution in [0.25, 0.3) is 27.8 Å². The van der Waals surface area contributed by atoms with Crippen molar-refractivity contribution in [3.8, 4) is 22.9 Å². The monoisotopic (exact) mass is 601 g/mol. The van der Waals surface area contributed by atoms with Gasteiger partial charge in [-0.2, -0.15) is 15.3 Å². The van der Waals surface area contributed by atoms with Crippen LogP contribution >= 0.6 is 0 Å². The van der Waals surface area contributed by atoms with Gasteiger partial charge >= 0.3 is 6.03 Å². The van der Waals surface area contributed by atoms with Crippen LogP contribution in [0.1, 0.15) is 63.8 Å². The highest BCUT2D eigenvalue weighted by atomic mass is 16.2. The maximum atomic E-state index is 14.0. The third kappa shape index (κ3) is 5.99. The van der Waals surface area contributed by atoms with Crippen LogP contribution < -0.4 is 21.5 Å². The fourth-order valence-electron chi connectivity index (χ4n) is 5.70. The highest BCUT2D eigenvalue weighted by Gasteiger charge is 2.24. The molecule has 45 heavy (non-hydrogen) atoms. The third-order valence-corrected chi connectivity index (χ3v) is 8.08. The number of pyridine rings is 1. The first-order valence-electron chi connectivity index (χ1n) is 15.0. The van der Waals surface area contributed by atoms with E-state index in [1.807, 2.05) is 49.6 Å². The minimum atomic E-state index is -0.461. The topological polar surface area (TPSA) is 143 Å². The Labute approximate surface area is 260 Å². The predicted octanol–water partition coefficient (Wildman–Crippen LogP) is 6.61. The van der Waals surface area contributed by atoms with Crippen LogP contribution in [0.3, 0.4) is 0 Å². The van der Waals surface area contributed by atoms with E-state index >= 15 is 0 Å². The number of anilines is 3. The number of carbonyl (C=O) groups excluding carboxylic acids is 1.